The first kappa shape index (κ1) is 10.8. The summed E-state index contributed by atoms with van der Waals surface area (Å²) in [6, 6.07) is 5.59. The molecule has 1 aromatic carbocycles. The molecule has 0 unspecified atom stereocenters. The van der Waals surface area contributed by atoms with E-state index in [9.17, 15) is 4.39 Å². The zero-order valence-electron chi connectivity index (χ0n) is 9.80. The SMILES string of the molecule is Fc1ccc2c(CNC3CCCC3)c[nH]c2c1. The van der Waals surface area contributed by atoms with Crippen molar-refractivity contribution in [1.82, 2.24) is 10.3 Å². The van der Waals surface area contributed by atoms with Crippen LogP contribution in [-0.2, 0) is 6.54 Å². The molecule has 17 heavy (non-hydrogen) atoms. The summed E-state index contributed by atoms with van der Waals surface area (Å²) in [7, 11) is 0. The molecule has 0 atom stereocenters. The molecular weight excluding hydrogens is 215 g/mol. The van der Waals surface area contributed by atoms with Crippen molar-refractivity contribution < 1.29 is 4.39 Å². The van der Waals surface area contributed by atoms with Gasteiger partial charge in [0.1, 0.15) is 5.82 Å². The van der Waals surface area contributed by atoms with E-state index >= 15 is 0 Å². The van der Waals surface area contributed by atoms with Crippen LogP contribution in [0.3, 0.4) is 0 Å². The Bertz CT molecular complexity index is 512. The molecule has 2 N–H and O–H groups in total. The van der Waals surface area contributed by atoms with Crippen molar-refractivity contribution in [2.75, 3.05) is 0 Å². The fraction of sp³-hybridized carbons (Fsp3) is 0.429. The van der Waals surface area contributed by atoms with Crippen molar-refractivity contribution in [2.45, 2.75) is 38.3 Å². The molecule has 1 heterocycles. The number of aromatic amines is 1. The predicted octanol–water partition coefficient (Wildman–Crippen LogP) is 3.34. The zero-order valence-corrected chi connectivity index (χ0v) is 9.80. The highest BCUT2D eigenvalue weighted by atomic mass is 19.1. The predicted molar refractivity (Wildman–Crippen MR) is 67.4 cm³/mol. The number of H-pyrrole nitrogens is 1. The molecule has 90 valence electrons. The van der Waals surface area contributed by atoms with E-state index in [0.717, 1.165) is 17.4 Å². The standard InChI is InChI=1S/C14H17FN2/c15-11-5-6-13-10(9-17-14(13)7-11)8-16-12-3-1-2-4-12/h5-7,9,12,16-17H,1-4,8H2. The summed E-state index contributed by atoms with van der Waals surface area (Å²) >= 11 is 0. The summed E-state index contributed by atoms with van der Waals surface area (Å²) in [5, 5.41) is 4.70. The lowest BCUT2D eigenvalue weighted by Gasteiger charge is -2.10. The van der Waals surface area contributed by atoms with E-state index in [2.05, 4.69) is 10.3 Å². The molecule has 1 saturated carbocycles. The van der Waals surface area contributed by atoms with Crippen LogP contribution in [0, 0.1) is 5.82 Å². The molecule has 1 aliphatic rings. The smallest absolute Gasteiger partial charge is 0.125 e. The molecular formula is C14H17FN2. The maximum atomic E-state index is 13.0. The van der Waals surface area contributed by atoms with Gasteiger partial charge in [-0.25, -0.2) is 4.39 Å². The Hall–Kier alpha value is -1.35. The van der Waals surface area contributed by atoms with Gasteiger partial charge in [0.15, 0.2) is 0 Å². The van der Waals surface area contributed by atoms with Crippen molar-refractivity contribution in [2.24, 2.45) is 0 Å². The molecule has 3 heteroatoms. The van der Waals surface area contributed by atoms with E-state index in [4.69, 9.17) is 0 Å². The van der Waals surface area contributed by atoms with E-state index in [1.54, 1.807) is 6.07 Å². The van der Waals surface area contributed by atoms with E-state index in [-0.39, 0.29) is 5.82 Å². The van der Waals surface area contributed by atoms with E-state index < -0.39 is 0 Å². The largest absolute Gasteiger partial charge is 0.361 e. The average molecular weight is 232 g/mol. The molecule has 0 saturated heterocycles. The third kappa shape index (κ3) is 2.20. The summed E-state index contributed by atoms with van der Waals surface area (Å²) in [6.07, 6.45) is 7.24. The van der Waals surface area contributed by atoms with Crippen molar-refractivity contribution in [1.29, 1.82) is 0 Å². The number of benzene rings is 1. The number of hydrogen-bond acceptors (Lipinski definition) is 1. The van der Waals surface area contributed by atoms with Crippen molar-refractivity contribution in [3.63, 3.8) is 0 Å². The number of aromatic nitrogens is 1. The highest BCUT2D eigenvalue weighted by molar-refractivity contribution is 5.83. The van der Waals surface area contributed by atoms with Crippen LogP contribution in [0.1, 0.15) is 31.2 Å². The van der Waals surface area contributed by atoms with Gasteiger partial charge in [-0.15, -0.1) is 0 Å². The third-order valence-electron chi connectivity index (χ3n) is 3.67. The monoisotopic (exact) mass is 232 g/mol. The minimum Gasteiger partial charge on any atom is -0.361 e. The molecule has 1 aliphatic carbocycles. The lowest BCUT2D eigenvalue weighted by Crippen LogP contribution is -2.25. The Morgan fingerprint density at radius 1 is 1.29 bits per heavy atom. The molecule has 0 radical (unpaired) electrons. The van der Waals surface area contributed by atoms with Crippen molar-refractivity contribution >= 4 is 10.9 Å². The quantitative estimate of drug-likeness (QED) is 0.834. The lowest BCUT2D eigenvalue weighted by atomic mass is 10.1. The van der Waals surface area contributed by atoms with Crippen molar-refractivity contribution in [3.8, 4) is 0 Å². The number of fused-ring (bicyclic) bond motifs is 1. The average Bonchev–Trinajstić information content (AvgIpc) is 2.94. The number of nitrogens with one attached hydrogen (secondary N) is 2. The Labute approximate surface area is 100 Å². The fourth-order valence-electron chi connectivity index (χ4n) is 2.69. The van der Waals surface area contributed by atoms with Crippen LogP contribution in [0.25, 0.3) is 10.9 Å². The molecule has 0 amide bonds. The van der Waals surface area contributed by atoms with Gasteiger partial charge < -0.3 is 10.3 Å². The number of halogens is 1. The van der Waals surface area contributed by atoms with Crippen LogP contribution in [0.5, 0.6) is 0 Å². The van der Waals surface area contributed by atoms with Gasteiger partial charge in [-0.3, -0.25) is 0 Å². The molecule has 1 fully saturated rings. The van der Waals surface area contributed by atoms with Gasteiger partial charge in [-0.2, -0.15) is 0 Å². The van der Waals surface area contributed by atoms with E-state index in [1.807, 2.05) is 12.3 Å². The topological polar surface area (TPSA) is 27.8 Å². The van der Waals surface area contributed by atoms with Crippen molar-refractivity contribution in [3.05, 3.63) is 35.8 Å². The minimum absolute atomic E-state index is 0.186. The molecule has 0 spiro atoms. The van der Waals surface area contributed by atoms with E-state index in [0.29, 0.717) is 6.04 Å². The Balaban J connectivity index is 1.76. The summed E-state index contributed by atoms with van der Waals surface area (Å²) in [6.45, 7) is 0.871. The molecule has 0 bridgehead atoms. The second-order valence-electron chi connectivity index (χ2n) is 4.87. The lowest BCUT2D eigenvalue weighted by molar-refractivity contribution is 0.525. The van der Waals surface area contributed by atoms with Gasteiger partial charge in [-0.1, -0.05) is 12.8 Å². The normalized spacial score (nSPS) is 17.0. The zero-order chi connectivity index (χ0) is 11.7. The first-order chi connectivity index (χ1) is 8.33. The first-order valence-electron chi connectivity index (χ1n) is 6.32. The maximum Gasteiger partial charge on any atom is 0.125 e. The fourth-order valence-corrected chi connectivity index (χ4v) is 2.69. The highest BCUT2D eigenvalue weighted by Crippen LogP contribution is 2.21. The Kier molecular flexibility index (Phi) is 2.85. The van der Waals surface area contributed by atoms with Gasteiger partial charge in [0, 0.05) is 29.7 Å². The summed E-state index contributed by atoms with van der Waals surface area (Å²) in [4.78, 5) is 3.12. The Morgan fingerprint density at radius 2 is 2.12 bits per heavy atom. The highest BCUT2D eigenvalue weighted by Gasteiger charge is 2.14. The van der Waals surface area contributed by atoms with Gasteiger partial charge >= 0.3 is 0 Å². The Morgan fingerprint density at radius 3 is 2.94 bits per heavy atom. The third-order valence-corrected chi connectivity index (χ3v) is 3.67. The van der Waals surface area contributed by atoms with Gasteiger partial charge in [0.25, 0.3) is 0 Å². The van der Waals surface area contributed by atoms with Crippen LogP contribution < -0.4 is 5.32 Å². The summed E-state index contributed by atoms with van der Waals surface area (Å²) in [5.74, 6) is -0.186. The van der Waals surface area contributed by atoms with Crippen LogP contribution >= 0.6 is 0 Å². The first-order valence-corrected chi connectivity index (χ1v) is 6.32. The molecule has 0 aliphatic heterocycles. The second-order valence-corrected chi connectivity index (χ2v) is 4.87. The van der Waals surface area contributed by atoms with Crippen LogP contribution in [-0.4, -0.2) is 11.0 Å². The van der Waals surface area contributed by atoms with Crippen LogP contribution in [0.4, 0.5) is 4.39 Å². The van der Waals surface area contributed by atoms with E-state index in [1.165, 1.54) is 37.3 Å². The van der Waals surface area contributed by atoms with Gasteiger partial charge in [-0.05, 0) is 36.6 Å². The molecule has 2 nitrogen and oxygen atoms in total. The number of hydrogen-bond donors (Lipinski definition) is 2. The molecule has 3 rings (SSSR count). The summed E-state index contributed by atoms with van der Waals surface area (Å²) in [5.41, 5.74) is 2.11. The summed E-state index contributed by atoms with van der Waals surface area (Å²) < 4.78 is 13.0. The van der Waals surface area contributed by atoms with Crippen LogP contribution in [0.15, 0.2) is 24.4 Å². The van der Waals surface area contributed by atoms with Gasteiger partial charge in [0.2, 0.25) is 0 Å². The minimum atomic E-state index is -0.186. The maximum absolute atomic E-state index is 13.0. The molecule has 1 aromatic heterocycles. The van der Waals surface area contributed by atoms with Gasteiger partial charge in [0.05, 0.1) is 0 Å². The number of rotatable bonds is 3. The van der Waals surface area contributed by atoms with Crippen LogP contribution in [0.2, 0.25) is 0 Å². The molecule has 2 aromatic rings. The second kappa shape index (κ2) is 4.49.